The molecular formula is C25H22N6. The summed E-state index contributed by atoms with van der Waals surface area (Å²) in [7, 11) is 0. The highest BCUT2D eigenvalue weighted by Crippen LogP contribution is 2.30. The summed E-state index contributed by atoms with van der Waals surface area (Å²) >= 11 is 0. The molecule has 0 saturated heterocycles. The van der Waals surface area contributed by atoms with E-state index in [1.165, 1.54) is 23.2 Å². The van der Waals surface area contributed by atoms with Crippen LogP contribution in [0.25, 0.3) is 0 Å². The molecule has 1 unspecified atom stereocenters. The molecule has 0 saturated carbocycles. The Morgan fingerprint density at radius 2 is 1.61 bits per heavy atom. The first-order chi connectivity index (χ1) is 15.3. The van der Waals surface area contributed by atoms with Crippen LogP contribution in [-0.2, 0) is 13.0 Å². The number of imidazole rings is 2. The quantitative estimate of drug-likeness (QED) is 0.502. The van der Waals surface area contributed by atoms with Gasteiger partial charge < -0.3 is 9.13 Å². The number of hydrogen-bond acceptors (Lipinski definition) is 4. The van der Waals surface area contributed by atoms with E-state index in [0.717, 1.165) is 24.9 Å². The first-order valence-electron chi connectivity index (χ1n) is 10.2. The van der Waals surface area contributed by atoms with Crippen LogP contribution in [-0.4, -0.2) is 19.1 Å². The summed E-state index contributed by atoms with van der Waals surface area (Å²) in [5.41, 5.74) is 5.16. The minimum atomic E-state index is 0.383. The second-order valence-corrected chi connectivity index (χ2v) is 7.48. The normalized spacial score (nSPS) is 14.5. The van der Waals surface area contributed by atoms with E-state index in [9.17, 15) is 0 Å². The Morgan fingerprint density at radius 3 is 2.26 bits per heavy atom. The number of aromatic nitrogens is 4. The zero-order valence-electron chi connectivity index (χ0n) is 17.1. The van der Waals surface area contributed by atoms with Crippen LogP contribution in [0.5, 0.6) is 0 Å². The Bertz CT molecular complexity index is 1190. The summed E-state index contributed by atoms with van der Waals surface area (Å²) in [6, 6.07) is 20.1. The SMILES string of the molecule is N#Cc1ccc(C2CCCc3cncn32)cc1.N#Cc1ccc(Cn2ccnc2)cc1. The van der Waals surface area contributed by atoms with Crippen LogP contribution >= 0.6 is 0 Å². The fraction of sp³-hybridized carbons (Fsp3) is 0.200. The third-order valence-corrected chi connectivity index (χ3v) is 5.42. The minimum Gasteiger partial charge on any atom is -0.333 e. The Labute approximate surface area is 181 Å². The van der Waals surface area contributed by atoms with Gasteiger partial charge in [0.05, 0.1) is 42.0 Å². The summed E-state index contributed by atoms with van der Waals surface area (Å²) in [6.07, 6.45) is 12.8. The van der Waals surface area contributed by atoms with Crippen LogP contribution in [0.3, 0.4) is 0 Å². The molecule has 5 rings (SSSR count). The van der Waals surface area contributed by atoms with E-state index in [1.54, 1.807) is 12.5 Å². The highest BCUT2D eigenvalue weighted by molar-refractivity contribution is 5.34. The lowest BCUT2D eigenvalue weighted by atomic mass is 9.96. The Kier molecular flexibility index (Phi) is 6.21. The van der Waals surface area contributed by atoms with Crippen LogP contribution in [0.1, 0.15) is 46.8 Å². The number of fused-ring (bicyclic) bond motifs is 1. The van der Waals surface area contributed by atoms with Crippen molar-refractivity contribution in [2.45, 2.75) is 31.8 Å². The zero-order valence-corrected chi connectivity index (χ0v) is 17.1. The van der Waals surface area contributed by atoms with Crippen molar-refractivity contribution in [3.63, 3.8) is 0 Å². The van der Waals surface area contributed by atoms with Gasteiger partial charge in [-0.2, -0.15) is 10.5 Å². The minimum absolute atomic E-state index is 0.383. The predicted molar refractivity (Wildman–Crippen MR) is 117 cm³/mol. The summed E-state index contributed by atoms with van der Waals surface area (Å²) in [5, 5.41) is 17.4. The molecule has 1 aliphatic heterocycles. The highest BCUT2D eigenvalue weighted by atomic mass is 15.1. The molecule has 1 aliphatic rings. The molecule has 152 valence electrons. The molecule has 4 aromatic rings. The van der Waals surface area contributed by atoms with Crippen molar-refractivity contribution < 1.29 is 0 Å². The maximum absolute atomic E-state index is 8.80. The highest BCUT2D eigenvalue weighted by Gasteiger charge is 2.20. The molecule has 2 aromatic heterocycles. The molecule has 6 heteroatoms. The number of nitriles is 2. The third kappa shape index (κ3) is 4.88. The average molecular weight is 406 g/mol. The molecule has 0 bridgehead atoms. The van der Waals surface area contributed by atoms with E-state index in [2.05, 4.69) is 38.8 Å². The number of hydrogen-bond donors (Lipinski definition) is 0. The van der Waals surface area contributed by atoms with Gasteiger partial charge in [0.25, 0.3) is 0 Å². The van der Waals surface area contributed by atoms with Gasteiger partial charge in [0, 0.05) is 30.8 Å². The molecule has 0 aliphatic carbocycles. The number of nitrogens with zero attached hydrogens (tertiary/aromatic N) is 6. The molecule has 2 aromatic carbocycles. The maximum Gasteiger partial charge on any atom is 0.0991 e. The summed E-state index contributed by atoms with van der Waals surface area (Å²) < 4.78 is 4.24. The van der Waals surface area contributed by atoms with Crippen molar-refractivity contribution in [1.29, 1.82) is 10.5 Å². The predicted octanol–water partition coefficient (Wildman–Crippen LogP) is 4.48. The van der Waals surface area contributed by atoms with Crippen molar-refractivity contribution in [1.82, 2.24) is 19.1 Å². The van der Waals surface area contributed by atoms with Crippen molar-refractivity contribution >= 4 is 0 Å². The van der Waals surface area contributed by atoms with Crippen LogP contribution < -0.4 is 0 Å². The topological polar surface area (TPSA) is 83.2 Å². The van der Waals surface area contributed by atoms with Gasteiger partial charge in [-0.05, 0) is 54.7 Å². The van der Waals surface area contributed by atoms with Gasteiger partial charge in [-0.25, -0.2) is 9.97 Å². The molecule has 0 spiro atoms. The molecule has 31 heavy (non-hydrogen) atoms. The fourth-order valence-electron chi connectivity index (χ4n) is 3.80. The third-order valence-electron chi connectivity index (χ3n) is 5.42. The van der Waals surface area contributed by atoms with Gasteiger partial charge >= 0.3 is 0 Å². The lowest BCUT2D eigenvalue weighted by Gasteiger charge is -2.25. The molecule has 1 atom stereocenters. The van der Waals surface area contributed by atoms with Gasteiger partial charge in [0.1, 0.15) is 0 Å². The smallest absolute Gasteiger partial charge is 0.0991 e. The lowest BCUT2D eigenvalue weighted by molar-refractivity contribution is 0.458. The molecule has 3 heterocycles. The molecule has 0 fully saturated rings. The Morgan fingerprint density at radius 1 is 0.903 bits per heavy atom. The van der Waals surface area contributed by atoms with Crippen molar-refractivity contribution in [3.8, 4) is 12.1 Å². The van der Waals surface area contributed by atoms with Gasteiger partial charge in [-0.3, -0.25) is 0 Å². The second kappa shape index (κ2) is 9.56. The number of rotatable bonds is 3. The summed E-state index contributed by atoms with van der Waals surface area (Å²) in [6.45, 7) is 0.797. The van der Waals surface area contributed by atoms with E-state index in [0.29, 0.717) is 11.6 Å². The first kappa shape index (κ1) is 20.1. The van der Waals surface area contributed by atoms with Crippen LogP contribution in [0, 0.1) is 22.7 Å². The zero-order chi connectivity index (χ0) is 21.5. The number of aryl methyl sites for hydroxylation is 1. The van der Waals surface area contributed by atoms with Gasteiger partial charge in [0.15, 0.2) is 0 Å². The van der Waals surface area contributed by atoms with E-state index in [1.807, 2.05) is 59.7 Å². The standard InChI is InChI=1S/C14H13N3.C11H9N3/c15-8-11-4-6-12(7-5-11)14-3-1-2-13-9-16-10-17(13)14;12-7-10-1-3-11(4-2-10)8-14-6-5-13-9-14/h4-7,9-10,14H,1-3H2;1-6,9H,8H2. The summed E-state index contributed by atoms with van der Waals surface area (Å²) in [5.74, 6) is 0. The fourth-order valence-corrected chi connectivity index (χ4v) is 3.80. The van der Waals surface area contributed by atoms with E-state index in [-0.39, 0.29) is 0 Å². The van der Waals surface area contributed by atoms with Crippen LogP contribution in [0.2, 0.25) is 0 Å². The Hall–Kier alpha value is -4.16. The van der Waals surface area contributed by atoms with E-state index < -0.39 is 0 Å². The Balaban J connectivity index is 0.000000152. The largest absolute Gasteiger partial charge is 0.333 e. The molecule has 0 N–H and O–H groups in total. The molecule has 6 nitrogen and oxygen atoms in total. The van der Waals surface area contributed by atoms with Crippen molar-refractivity contribution in [3.05, 3.63) is 108 Å². The van der Waals surface area contributed by atoms with Crippen molar-refractivity contribution in [2.24, 2.45) is 0 Å². The van der Waals surface area contributed by atoms with E-state index >= 15 is 0 Å². The van der Waals surface area contributed by atoms with E-state index in [4.69, 9.17) is 10.5 Å². The van der Waals surface area contributed by atoms with Gasteiger partial charge in [-0.1, -0.05) is 24.3 Å². The van der Waals surface area contributed by atoms with Crippen LogP contribution in [0.4, 0.5) is 0 Å². The molecule has 0 radical (unpaired) electrons. The van der Waals surface area contributed by atoms with Gasteiger partial charge in [-0.15, -0.1) is 0 Å². The molecular weight excluding hydrogens is 384 g/mol. The summed E-state index contributed by atoms with van der Waals surface area (Å²) in [4.78, 5) is 8.19. The van der Waals surface area contributed by atoms with Gasteiger partial charge in [0.2, 0.25) is 0 Å². The second-order valence-electron chi connectivity index (χ2n) is 7.48. The first-order valence-corrected chi connectivity index (χ1v) is 10.2. The molecule has 0 amide bonds. The van der Waals surface area contributed by atoms with Crippen LogP contribution in [0.15, 0.2) is 79.8 Å². The number of benzene rings is 2. The maximum atomic E-state index is 8.80. The lowest BCUT2D eigenvalue weighted by Crippen LogP contribution is -2.17. The monoisotopic (exact) mass is 406 g/mol. The van der Waals surface area contributed by atoms with Crippen molar-refractivity contribution in [2.75, 3.05) is 0 Å². The average Bonchev–Trinajstić information content (AvgIpc) is 3.52.